The van der Waals surface area contributed by atoms with Crippen molar-refractivity contribution in [3.8, 4) is 5.88 Å². The average Bonchev–Trinajstić information content (AvgIpc) is 2.31. The average molecular weight is 196 g/mol. The molecule has 14 heavy (non-hydrogen) atoms. The predicted octanol–water partition coefficient (Wildman–Crippen LogP) is 1.06. The topological polar surface area (TPSA) is 64.4 Å². The van der Waals surface area contributed by atoms with Crippen LogP contribution in [0.2, 0.25) is 0 Å². The van der Waals surface area contributed by atoms with Crippen molar-refractivity contribution in [2.75, 3.05) is 6.61 Å². The summed E-state index contributed by atoms with van der Waals surface area (Å²) >= 11 is 0. The smallest absolute Gasteiger partial charge is 0.343 e. The summed E-state index contributed by atoms with van der Waals surface area (Å²) in [6.07, 6.45) is 1.93. The third-order valence-corrected chi connectivity index (χ3v) is 2.30. The second-order valence-electron chi connectivity index (χ2n) is 3.35. The van der Waals surface area contributed by atoms with E-state index in [9.17, 15) is 4.79 Å². The second-order valence-corrected chi connectivity index (χ2v) is 3.35. The minimum absolute atomic E-state index is 0.201. The Kier molecular flexibility index (Phi) is 2.15. The molecule has 1 aliphatic heterocycles. The van der Waals surface area contributed by atoms with Crippen LogP contribution in [0.4, 0.5) is 0 Å². The molecule has 0 aliphatic carbocycles. The quantitative estimate of drug-likeness (QED) is 0.729. The first-order valence-electron chi connectivity index (χ1n) is 4.63. The van der Waals surface area contributed by atoms with Crippen LogP contribution in [-0.4, -0.2) is 27.5 Å². The molecular formula is C9H12N2O3. The lowest BCUT2D eigenvalue weighted by Gasteiger charge is -2.03. The van der Waals surface area contributed by atoms with Crippen molar-refractivity contribution in [2.24, 2.45) is 0 Å². The minimum Gasteiger partial charge on any atom is -0.477 e. The van der Waals surface area contributed by atoms with E-state index >= 15 is 0 Å². The fraction of sp³-hybridized carbons (Fsp3) is 0.556. The highest BCUT2D eigenvalue weighted by molar-refractivity contribution is 5.91. The van der Waals surface area contributed by atoms with Gasteiger partial charge in [0.15, 0.2) is 0 Å². The SMILES string of the molecule is Cc1nn2c(c1C(=O)O)OCCCC2. The van der Waals surface area contributed by atoms with Crippen molar-refractivity contribution >= 4 is 5.97 Å². The van der Waals surface area contributed by atoms with Crippen LogP contribution in [0.15, 0.2) is 0 Å². The maximum absolute atomic E-state index is 10.9. The van der Waals surface area contributed by atoms with Gasteiger partial charge in [0.2, 0.25) is 5.88 Å². The summed E-state index contributed by atoms with van der Waals surface area (Å²) in [5.41, 5.74) is 0.723. The monoisotopic (exact) mass is 196 g/mol. The molecule has 0 aromatic carbocycles. The molecule has 0 unspecified atom stereocenters. The van der Waals surface area contributed by atoms with E-state index in [4.69, 9.17) is 9.84 Å². The molecule has 2 rings (SSSR count). The van der Waals surface area contributed by atoms with Crippen LogP contribution in [-0.2, 0) is 6.54 Å². The highest BCUT2D eigenvalue weighted by atomic mass is 16.5. The Morgan fingerprint density at radius 2 is 2.36 bits per heavy atom. The Bertz CT molecular complexity index is 370. The van der Waals surface area contributed by atoms with Crippen LogP contribution in [0, 0.1) is 6.92 Å². The second kappa shape index (κ2) is 3.32. The van der Waals surface area contributed by atoms with E-state index in [2.05, 4.69) is 5.10 Å². The van der Waals surface area contributed by atoms with Crippen molar-refractivity contribution in [2.45, 2.75) is 26.3 Å². The largest absolute Gasteiger partial charge is 0.477 e. The number of carboxylic acids is 1. The highest BCUT2D eigenvalue weighted by Crippen LogP contribution is 2.24. The number of hydrogen-bond donors (Lipinski definition) is 1. The van der Waals surface area contributed by atoms with Gasteiger partial charge in [-0.2, -0.15) is 5.10 Å². The molecule has 5 heteroatoms. The maximum Gasteiger partial charge on any atom is 0.343 e. The van der Waals surface area contributed by atoms with Crippen LogP contribution in [0.3, 0.4) is 0 Å². The van der Waals surface area contributed by atoms with Crippen molar-refractivity contribution < 1.29 is 14.6 Å². The van der Waals surface area contributed by atoms with Gasteiger partial charge in [-0.15, -0.1) is 0 Å². The molecule has 1 N–H and O–H groups in total. The van der Waals surface area contributed by atoms with Gasteiger partial charge in [-0.3, -0.25) is 0 Å². The van der Waals surface area contributed by atoms with E-state index in [1.807, 2.05) is 0 Å². The molecule has 0 radical (unpaired) electrons. The number of ether oxygens (including phenoxy) is 1. The molecule has 1 aromatic heterocycles. The maximum atomic E-state index is 10.9. The first kappa shape index (κ1) is 9.05. The molecule has 0 bridgehead atoms. The summed E-state index contributed by atoms with van der Waals surface area (Å²) in [4.78, 5) is 10.9. The van der Waals surface area contributed by atoms with Crippen LogP contribution in [0.25, 0.3) is 0 Å². The van der Waals surface area contributed by atoms with Crippen LogP contribution >= 0.6 is 0 Å². The molecule has 0 amide bonds. The summed E-state index contributed by atoms with van der Waals surface area (Å²) < 4.78 is 7.03. The lowest BCUT2D eigenvalue weighted by atomic mass is 10.2. The van der Waals surface area contributed by atoms with E-state index in [-0.39, 0.29) is 5.56 Å². The molecule has 2 heterocycles. The number of carbonyl (C=O) groups is 1. The highest BCUT2D eigenvalue weighted by Gasteiger charge is 2.23. The van der Waals surface area contributed by atoms with E-state index in [1.165, 1.54) is 0 Å². The summed E-state index contributed by atoms with van der Waals surface area (Å²) in [6.45, 7) is 3.00. The van der Waals surface area contributed by atoms with E-state index < -0.39 is 5.97 Å². The molecule has 0 spiro atoms. The Labute approximate surface area is 81.3 Å². The number of rotatable bonds is 1. The van der Waals surface area contributed by atoms with E-state index in [1.54, 1.807) is 11.6 Å². The fourth-order valence-corrected chi connectivity index (χ4v) is 1.64. The van der Waals surface area contributed by atoms with Gasteiger partial charge in [0, 0.05) is 6.54 Å². The first-order chi connectivity index (χ1) is 6.70. The Balaban J connectivity index is 2.49. The zero-order valence-electron chi connectivity index (χ0n) is 7.99. The molecule has 0 atom stereocenters. The van der Waals surface area contributed by atoms with Crippen molar-refractivity contribution in [1.29, 1.82) is 0 Å². The van der Waals surface area contributed by atoms with Gasteiger partial charge in [0.05, 0.1) is 12.3 Å². The third kappa shape index (κ3) is 1.34. The zero-order chi connectivity index (χ0) is 10.1. The minimum atomic E-state index is -0.967. The molecule has 0 saturated heterocycles. The summed E-state index contributed by atoms with van der Waals surface area (Å²) in [5, 5.41) is 13.1. The number of aromatic carboxylic acids is 1. The summed E-state index contributed by atoms with van der Waals surface area (Å²) in [6, 6.07) is 0. The number of hydrogen-bond acceptors (Lipinski definition) is 3. The van der Waals surface area contributed by atoms with Gasteiger partial charge in [-0.05, 0) is 19.8 Å². The fourth-order valence-electron chi connectivity index (χ4n) is 1.64. The molecule has 1 aromatic rings. The van der Waals surface area contributed by atoms with Crippen molar-refractivity contribution in [3.63, 3.8) is 0 Å². The number of fused-ring (bicyclic) bond motifs is 1. The van der Waals surface area contributed by atoms with Crippen LogP contribution in [0.1, 0.15) is 28.9 Å². The lowest BCUT2D eigenvalue weighted by molar-refractivity contribution is 0.0691. The lowest BCUT2D eigenvalue weighted by Crippen LogP contribution is -2.04. The normalized spacial score (nSPS) is 15.5. The van der Waals surface area contributed by atoms with Gasteiger partial charge in [-0.25, -0.2) is 9.48 Å². The molecule has 76 valence electrons. The van der Waals surface area contributed by atoms with E-state index in [0.717, 1.165) is 19.4 Å². The van der Waals surface area contributed by atoms with Gasteiger partial charge < -0.3 is 9.84 Å². The Morgan fingerprint density at radius 3 is 3.07 bits per heavy atom. The Morgan fingerprint density at radius 1 is 1.57 bits per heavy atom. The molecular weight excluding hydrogens is 184 g/mol. The number of carboxylic acid groups (broad SMARTS) is 1. The van der Waals surface area contributed by atoms with Gasteiger partial charge in [0.1, 0.15) is 5.56 Å². The van der Waals surface area contributed by atoms with Crippen LogP contribution in [0.5, 0.6) is 5.88 Å². The first-order valence-corrected chi connectivity index (χ1v) is 4.63. The Hall–Kier alpha value is -1.52. The van der Waals surface area contributed by atoms with Gasteiger partial charge in [0.25, 0.3) is 0 Å². The van der Waals surface area contributed by atoms with E-state index in [0.29, 0.717) is 18.2 Å². The van der Waals surface area contributed by atoms with Crippen molar-refractivity contribution in [1.82, 2.24) is 9.78 Å². The summed E-state index contributed by atoms with van der Waals surface area (Å²) in [5.74, 6) is -0.557. The number of aromatic nitrogens is 2. The summed E-state index contributed by atoms with van der Waals surface area (Å²) in [7, 11) is 0. The molecule has 1 aliphatic rings. The molecule has 5 nitrogen and oxygen atoms in total. The number of nitrogens with zero attached hydrogens (tertiary/aromatic N) is 2. The zero-order valence-corrected chi connectivity index (χ0v) is 7.99. The van der Waals surface area contributed by atoms with Crippen molar-refractivity contribution in [3.05, 3.63) is 11.3 Å². The van der Waals surface area contributed by atoms with Gasteiger partial charge >= 0.3 is 5.97 Å². The van der Waals surface area contributed by atoms with Gasteiger partial charge in [-0.1, -0.05) is 0 Å². The standard InChI is InChI=1S/C9H12N2O3/c1-6-7(9(12)13)8-11(10-6)4-2-3-5-14-8/h2-5H2,1H3,(H,12,13). The van der Waals surface area contributed by atoms with Crippen LogP contribution < -0.4 is 4.74 Å². The molecule has 0 saturated carbocycles. The predicted molar refractivity (Wildman–Crippen MR) is 48.7 cm³/mol. The third-order valence-electron chi connectivity index (χ3n) is 2.30. The molecule has 0 fully saturated rings. The number of aryl methyl sites for hydroxylation is 2.